The summed E-state index contributed by atoms with van der Waals surface area (Å²) in [6.07, 6.45) is 2.12. The number of hydrogen-bond donors (Lipinski definition) is 0. The predicted molar refractivity (Wildman–Crippen MR) is 81.8 cm³/mol. The Labute approximate surface area is 134 Å². The lowest BCUT2D eigenvalue weighted by molar-refractivity contribution is 0.0612. The summed E-state index contributed by atoms with van der Waals surface area (Å²) in [7, 11) is 3.31. The Kier molecular flexibility index (Phi) is 4.68. The van der Waals surface area contributed by atoms with Crippen LogP contribution in [-0.4, -0.2) is 60.5 Å². The van der Waals surface area contributed by atoms with Crippen LogP contribution >= 0.6 is 0 Å². The smallest absolute Gasteiger partial charge is 0.254 e. The zero-order chi connectivity index (χ0) is 16.2. The van der Waals surface area contributed by atoms with Gasteiger partial charge in [0.05, 0.1) is 18.8 Å². The molecule has 7 heteroatoms. The van der Waals surface area contributed by atoms with Crippen molar-refractivity contribution in [2.45, 2.75) is 18.6 Å². The normalized spacial score (nSPS) is 20.9. The van der Waals surface area contributed by atoms with Gasteiger partial charge in [0.1, 0.15) is 0 Å². The average Bonchev–Trinajstić information content (AvgIpc) is 3.24. The quantitative estimate of drug-likeness (QED) is 0.834. The van der Waals surface area contributed by atoms with E-state index in [0.717, 1.165) is 12.0 Å². The average molecular weight is 317 g/mol. The van der Waals surface area contributed by atoms with Gasteiger partial charge in [-0.2, -0.15) is 4.98 Å². The van der Waals surface area contributed by atoms with Crippen LogP contribution in [0.2, 0.25) is 0 Å². The highest BCUT2D eigenvalue weighted by atomic mass is 16.5. The van der Waals surface area contributed by atoms with Gasteiger partial charge in [-0.25, -0.2) is 0 Å². The van der Waals surface area contributed by atoms with E-state index in [4.69, 9.17) is 14.0 Å². The molecule has 1 amide bonds. The molecule has 23 heavy (non-hydrogen) atoms. The van der Waals surface area contributed by atoms with Crippen molar-refractivity contribution in [1.29, 1.82) is 0 Å². The van der Waals surface area contributed by atoms with Crippen LogP contribution in [0.4, 0.5) is 0 Å². The highest BCUT2D eigenvalue weighted by Crippen LogP contribution is 2.23. The van der Waals surface area contributed by atoms with Crippen molar-refractivity contribution in [2.24, 2.45) is 0 Å². The summed E-state index contributed by atoms with van der Waals surface area (Å²) in [6.45, 7) is 1.09. The van der Waals surface area contributed by atoms with E-state index in [1.54, 1.807) is 26.4 Å². The Morgan fingerprint density at radius 2 is 2.13 bits per heavy atom. The van der Waals surface area contributed by atoms with Gasteiger partial charge < -0.3 is 18.9 Å². The maximum absolute atomic E-state index is 12.8. The third kappa shape index (κ3) is 3.25. The molecule has 1 aromatic carbocycles. The molecule has 2 aromatic rings. The van der Waals surface area contributed by atoms with E-state index in [-0.39, 0.29) is 18.1 Å². The second-order valence-electron chi connectivity index (χ2n) is 5.49. The molecule has 1 aromatic heterocycles. The monoisotopic (exact) mass is 317 g/mol. The molecule has 0 radical (unpaired) electrons. The van der Waals surface area contributed by atoms with Gasteiger partial charge in [-0.15, -0.1) is 0 Å². The number of nitrogens with zero attached hydrogens (tertiary/aromatic N) is 3. The van der Waals surface area contributed by atoms with Crippen molar-refractivity contribution < 1.29 is 18.8 Å². The second-order valence-corrected chi connectivity index (χ2v) is 5.49. The minimum atomic E-state index is -0.0220. The first-order valence-electron chi connectivity index (χ1n) is 7.42. The number of aromatic nitrogens is 2. The van der Waals surface area contributed by atoms with E-state index in [1.165, 1.54) is 6.39 Å². The van der Waals surface area contributed by atoms with E-state index in [1.807, 2.05) is 17.0 Å². The molecule has 7 nitrogen and oxygen atoms in total. The maximum atomic E-state index is 12.8. The van der Waals surface area contributed by atoms with Gasteiger partial charge in [0.15, 0.2) is 0 Å². The number of benzene rings is 1. The lowest BCUT2D eigenvalue weighted by Crippen LogP contribution is -2.38. The summed E-state index contributed by atoms with van der Waals surface area (Å²) in [5.41, 5.74) is 1.43. The minimum absolute atomic E-state index is 0.0220. The fourth-order valence-electron chi connectivity index (χ4n) is 2.87. The summed E-state index contributed by atoms with van der Waals surface area (Å²) in [4.78, 5) is 18.6. The zero-order valence-corrected chi connectivity index (χ0v) is 13.1. The summed E-state index contributed by atoms with van der Waals surface area (Å²) in [5.74, 6) is 0.480. The molecule has 0 bridgehead atoms. The van der Waals surface area contributed by atoms with Crippen LogP contribution in [0.5, 0.6) is 0 Å². The number of amides is 1. The first-order chi connectivity index (χ1) is 11.2. The van der Waals surface area contributed by atoms with Crippen LogP contribution in [0.1, 0.15) is 16.8 Å². The van der Waals surface area contributed by atoms with Crippen LogP contribution in [-0.2, 0) is 9.47 Å². The lowest BCUT2D eigenvalue weighted by atomic mass is 10.1. The Balaban J connectivity index is 1.76. The van der Waals surface area contributed by atoms with Crippen molar-refractivity contribution in [2.75, 3.05) is 27.4 Å². The molecule has 0 saturated carbocycles. The highest BCUT2D eigenvalue weighted by molar-refractivity contribution is 5.95. The first kappa shape index (κ1) is 15.6. The van der Waals surface area contributed by atoms with Gasteiger partial charge in [-0.05, 0) is 18.6 Å². The Morgan fingerprint density at radius 1 is 1.35 bits per heavy atom. The second kappa shape index (κ2) is 6.89. The fourth-order valence-corrected chi connectivity index (χ4v) is 2.87. The molecule has 0 aliphatic carbocycles. The molecule has 2 heterocycles. The van der Waals surface area contributed by atoms with E-state index in [2.05, 4.69) is 10.1 Å². The van der Waals surface area contributed by atoms with Crippen LogP contribution < -0.4 is 0 Å². The molecular formula is C16H19N3O4. The van der Waals surface area contributed by atoms with Crippen LogP contribution in [0.3, 0.4) is 0 Å². The Hall–Kier alpha value is -2.25. The van der Waals surface area contributed by atoms with Gasteiger partial charge in [-0.3, -0.25) is 4.79 Å². The third-order valence-corrected chi connectivity index (χ3v) is 4.08. The van der Waals surface area contributed by atoms with Gasteiger partial charge in [0.2, 0.25) is 12.2 Å². The fraction of sp³-hybridized carbons (Fsp3) is 0.438. The van der Waals surface area contributed by atoms with Crippen LogP contribution in [0.15, 0.2) is 35.2 Å². The summed E-state index contributed by atoms with van der Waals surface area (Å²) in [6, 6.07) is 7.21. The summed E-state index contributed by atoms with van der Waals surface area (Å²) < 4.78 is 15.4. The SMILES string of the molecule is COC[C@@H]1C[C@H](OC)CN1C(=O)c1ccc(-c2ncon2)cc1. The molecule has 0 spiro atoms. The van der Waals surface area contributed by atoms with Crippen molar-refractivity contribution in [1.82, 2.24) is 15.0 Å². The largest absolute Gasteiger partial charge is 0.383 e. The number of likely N-dealkylation sites (tertiary alicyclic amines) is 1. The molecule has 3 rings (SSSR count). The molecule has 1 fully saturated rings. The number of carbonyl (C=O) groups excluding carboxylic acids is 1. The Morgan fingerprint density at radius 3 is 2.74 bits per heavy atom. The van der Waals surface area contributed by atoms with E-state index in [9.17, 15) is 4.79 Å². The van der Waals surface area contributed by atoms with Gasteiger partial charge in [0, 0.05) is 31.9 Å². The molecule has 0 N–H and O–H groups in total. The van der Waals surface area contributed by atoms with Crippen molar-refractivity contribution in [3.05, 3.63) is 36.2 Å². The van der Waals surface area contributed by atoms with Crippen LogP contribution in [0, 0.1) is 0 Å². The number of ether oxygens (including phenoxy) is 2. The number of carbonyl (C=O) groups is 1. The molecule has 2 atom stereocenters. The number of hydrogen-bond acceptors (Lipinski definition) is 6. The first-order valence-corrected chi connectivity index (χ1v) is 7.42. The zero-order valence-electron chi connectivity index (χ0n) is 13.1. The van der Waals surface area contributed by atoms with Crippen molar-refractivity contribution >= 4 is 5.91 Å². The third-order valence-electron chi connectivity index (χ3n) is 4.08. The molecule has 1 aliphatic heterocycles. The summed E-state index contributed by atoms with van der Waals surface area (Å²) >= 11 is 0. The van der Waals surface area contributed by atoms with Crippen LogP contribution in [0.25, 0.3) is 11.4 Å². The van der Waals surface area contributed by atoms with E-state index < -0.39 is 0 Å². The maximum Gasteiger partial charge on any atom is 0.254 e. The van der Waals surface area contributed by atoms with Gasteiger partial charge >= 0.3 is 0 Å². The highest BCUT2D eigenvalue weighted by Gasteiger charge is 2.35. The molecule has 0 unspecified atom stereocenters. The summed E-state index contributed by atoms with van der Waals surface area (Å²) in [5, 5.41) is 3.78. The molecular weight excluding hydrogens is 298 g/mol. The van der Waals surface area contributed by atoms with Gasteiger partial charge in [-0.1, -0.05) is 17.3 Å². The van der Waals surface area contributed by atoms with E-state index in [0.29, 0.717) is 24.5 Å². The molecule has 122 valence electrons. The number of methoxy groups -OCH3 is 2. The Bertz CT molecular complexity index is 642. The van der Waals surface area contributed by atoms with Crippen molar-refractivity contribution in [3.63, 3.8) is 0 Å². The predicted octanol–water partition coefficient (Wildman–Crippen LogP) is 1.61. The molecule has 1 saturated heterocycles. The standard InChI is InChI=1S/C16H19N3O4/c1-21-9-13-7-14(22-2)8-19(13)16(20)12-5-3-11(4-6-12)15-17-10-23-18-15/h3-6,10,13-14H,7-9H2,1-2H3/t13-,14-/m0/s1. The van der Waals surface area contributed by atoms with E-state index >= 15 is 0 Å². The lowest BCUT2D eigenvalue weighted by Gasteiger charge is -2.23. The topological polar surface area (TPSA) is 77.7 Å². The minimum Gasteiger partial charge on any atom is -0.383 e. The van der Waals surface area contributed by atoms with Crippen molar-refractivity contribution in [3.8, 4) is 11.4 Å². The number of rotatable bonds is 5. The van der Waals surface area contributed by atoms with Gasteiger partial charge in [0.25, 0.3) is 5.91 Å². The molecule has 1 aliphatic rings.